The lowest BCUT2D eigenvalue weighted by Crippen LogP contribution is -2.52. The van der Waals surface area contributed by atoms with Crippen LogP contribution in [0.4, 0.5) is 0 Å². The molecule has 2 saturated heterocycles. The second kappa shape index (κ2) is 10.1. The fourth-order valence-corrected chi connectivity index (χ4v) is 4.88. The van der Waals surface area contributed by atoms with Crippen molar-refractivity contribution in [3.8, 4) is 0 Å². The quantitative estimate of drug-likeness (QED) is 0.643. The summed E-state index contributed by atoms with van der Waals surface area (Å²) < 4.78 is 5.44. The van der Waals surface area contributed by atoms with E-state index in [1.54, 1.807) is 4.90 Å². The summed E-state index contributed by atoms with van der Waals surface area (Å²) in [5, 5.41) is 0. The molecule has 0 N–H and O–H groups in total. The predicted octanol–water partition coefficient (Wildman–Crippen LogP) is 3.19. The molecule has 0 bridgehead atoms. The Hall–Kier alpha value is -2.37. The van der Waals surface area contributed by atoms with Crippen LogP contribution in [0.5, 0.6) is 0 Å². The number of carbonyl (C=O) groups excluding carboxylic acids is 3. The molecule has 2 aliphatic rings. The van der Waals surface area contributed by atoms with Gasteiger partial charge >= 0.3 is 5.97 Å². The van der Waals surface area contributed by atoms with E-state index in [0.717, 1.165) is 32.1 Å². The first kappa shape index (κ1) is 22.3. The van der Waals surface area contributed by atoms with Crippen molar-refractivity contribution in [1.82, 2.24) is 9.80 Å². The van der Waals surface area contributed by atoms with Crippen LogP contribution in [0.3, 0.4) is 0 Å². The molecule has 1 aromatic rings. The average Bonchev–Trinajstić information content (AvgIpc) is 3.25. The van der Waals surface area contributed by atoms with E-state index in [9.17, 15) is 14.4 Å². The van der Waals surface area contributed by atoms with Crippen molar-refractivity contribution in [1.29, 1.82) is 0 Å². The third-order valence-electron chi connectivity index (χ3n) is 6.65. The smallest absolute Gasteiger partial charge is 0.312 e. The zero-order valence-corrected chi connectivity index (χ0v) is 18.3. The molecule has 164 valence electrons. The van der Waals surface area contributed by atoms with E-state index in [4.69, 9.17) is 4.74 Å². The van der Waals surface area contributed by atoms with Crippen molar-refractivity contribution in [3.63, 3.8) is 0 Å². The first-order valence-electron chi connectivity index (χ1n) is 11.2. The number of esters is 1. The van der Waals surface area contributed by atoms with Gasteiger partial charge in [0.25, 0.3) is 0 Å². The Morgan fingerprint density at radius 2 is 1.80 bits per heavy atom. The van der Waals surface area contributed by atoms with E-state index >= 15 is 0 Å². The number of hydrogen-bond donors (Lipinski definition) is 0. The standard InChI is InChI=1S/C24H34N2O4/c1-3-30-23(29)24(13-7-11-20-9-5-4-6-10-20)14-17-25(18-15-24)22(28)21-12-8-16-26(21)19(2)27/h4-6,9-10,21H,3,7-8,11-18H2,1-2H3/t21-/m0/s1. The van der Waals surface area contributed by atoms with Crippen LogP contribution in [-0.2, 0) is 25.5 Å². The van der Waals surface area contributed by atoms with Crippen molar-refractivity contribution >= 4 is 17.8 Å². The Morgan fingerprint density at radius 1 is 1.10 bits per heavy atom. The fourth-order valence-electron chi connectivity index (χ4n) is 4.88. The number of ether oxygens (including phenoxy) is 1. The maximum Gasteiger partial charge on any atom is 0.312 e. The topological polar surface area (TPSA) is 66.9 Å². The normalized spacial score (nSPS) is 20.8. The van der Waals surface area contributed by atoms with Crippen LogP contribution in [0.2, 0.25) is 0 Å². The van der Waals surface area contributed by atoms with Crippen LogP contribution in [0.25, 0.3) is 0 Å². The minimum Gasteiger partial charge on any atom is -0.466 e. The molecule has 0 aliphatic carbocycles. The second-order valence-corrected chi connectivity index (χ2v) is 8.54. The van der Waals surface area contributed by atoms with Gasteiger partial charge in [0.2, 0.25) is 11.8 Å². The number of benzene rings is 1. The number of nitrogens with zero attached hydrogens (tertiary/aromatic N) is 2. The summed E-state index contributed by atoms with van der Waals surface area (Å²) in [6.45, 7) is 5.49. The molecule has 2 heterocycles. The average molecular weight is 415 g/mol. The summed E-state index contributed by atoms with van der Waals surface area (Å²) in [6, 6.07) is 9.97. The highest BCUT2D eigenvalue weighted by Crippen LogP contribution is 2.38. The molecule has 0 unspecified atom stereocenters. The fraction of sp³-hybridized carbons (Fsp3) is 0.625. The number of likely N-dealkylation sites (tertiary alicyclic amines) is 2. The monoisotopic (exact) mass is 414 g/mol. The summed E-state index contributed by atoms with van der Waals surface area (Å²) in [6.07, 6.45) is 5.47. The van der Waals surface area contributed by atoms with Gasteiger partial charge in [-0.3, -0.25) is 14.4 Å². The van der Waals surface area contributed by atoms with Gasteiger partial charge in [0.15, 0.2) is 0 Å². The van der Waals surface area contributed by atoms with Crippen molar-refractivity contribution in [2.24, 2.45) is 5.41 Å². The van der Waals surface area contributed by atoms with Gasteiger partial charge in [0.1, 0.15) is 6.04 Å². The highest BCUT2D eigenvalue weighted by atomic mass is 16.5. The van der Waals surface area contributed by atoms with Crippen molar-refractivity contribution in [2.45, 2.75) is 64.8 Å². The first-order chi connectivity index (χ1) is 14.5. The summed E-state index contributed by atoms with van der Waals surface area (Å²) >= 11 is 0. The minimum absolute atomic E-state index is 0.0319. The van der Waals surface area contributed by atoms with Crippen molar-refractivity contribution in [2.75, 3.05) is 26.2 Å². The third-order valence-corrected chi connectivity index (χ3v) is 6.65. The van der Waals surface area contributed by atoms with E-state index in [-0.39, 0.29) is 23.8 Å². The lowest BCUT2D eigenvalue weighted by atomic mass is 9.74. The van der Waals surface area contributed by atoms with Gasteiger partial charge in [-0.1, -0.05) is 30.3 Å². The summed E-state index contributed by atoms with van der Waals surface area (Å²) in [7, 11) is 0. The lowest BCUT2D eigenvalue weighted by Gasteiger charge is -2.41. The van der Waals surface area contributed by atoms with Gasteiger partial charge in [-0.05, 0) is 57.4 Å². The number of hydrogen-bond acceptors (Lipinski definition) is 4. The second-order valence-electron chi connectivity index (χ2n) is 8.54. The minimum atomic E-state index is -0.516. The first-order valence-corrected chi connectivity index (χ1v) is 11.2. The lowest BCUT2D eigenvalue weighted by molar-refractivity contribution is -0.161. The van der Waals surface area contributed by atoms with Crippen LogP contribution in [-0.4, -0.2) is 59.9 Å². The van der Waals surface area contributed by atoms with Gasteiger partial charge in [0, 0.05) is 26.6 Å². The van der Waals surface area contributed by atoms with Gasteiger partial charge < -0.3 is 14.5 Å². The summed E-state index contributed by atoms with van der Waals surface area (Å²) in [4.78, 5) is 41.3. The van der Waals surface area contributed by atoms with Crippen molar-refractivity contribution < 1.29 is 19.1 Å². The van der Waals surface area contributed by atoms with E-state index in [1.165, 1.54) is 12.5 Å². The molecule has 0 aromatic heterocycles. The maximum atomic E-state index is 13.0. The van der Waals surface area contributed by atoms with Crippen molar-refractivity contribution in [3.05, 3.63) is 35.9 Å². The largest absolute Gasteiger partial charge is 0.466 e. The molecule has 1 atom stereocenters. The predicted molar refractivity (Wildman–Crippen MR) is 115 cm³/mol. The van der Waals surface area contributed by atoms with Crippen LogP contribution in [0, 0.1) is 5.41 Å². The summed E-state index contributed by atoms with van der Waals surface area (Å²) in [5.41, 5.74) is 0.756. The number of aryl methyl sites for hydroxylation is 1. The molecule has 6 heteroatoms. The SMILES string of the molecule is CCOC(=O)C1(CCCc2ccccc2)CCN(C(=O)[C@@H]2CCCN2C(C)=O)CC1. The number of piperidine rings is 1. The summed E-state index contributed by atoms with van der Waals surface area (Å²) in [5.74, 6) is -0.134. The molecule has 30 heavy (non-hydrogen) atoms. The van der Waals surface area contributed by atoms with Gasteiger partial charge in [-0.2, -0.15) is 0 Å². The number of amides is 2. The molecule has 0 spiro atoms. The molecule has 2 aliphatic heterocycles. The molecule has 6 nitrogen and oxygen atoms in total. The zero-order chi connectivity index (χ0) is 21.6. The van der Waals surface area contributed by atoms with Crippen LogP contribution in [0.1, 0.15) is 57.9 Å². The number of rotatable bonds is 7. The van der Waals surface area contributed by atoms with Crippen LogP contribution >= 0.6 is 0 Å². The molecule has 2 amide bonds. The Kier molecular flexibility index (Phi) is 7.51. The molecule has 0 saturated carbocycles. The molecule has 1 aromatic carbocycles. The van der Waals surface area contributed by atoms with Crippen LogP contribution in [0.15, 0.2) is 30.3 Å². The third kappa shape index (κ3) is 5.02. The Labute approximate surface area is 179 Å². The molecular weight excluding hydrogens is 380 g/mol. The molecule has 2 fully saturated rings. The Bertz CT molecular complexity index is 741. The van der Waals surface area contributed by atoms with E-state index in [1.807, 2.05) is 30.0 Å². The van der Waals surface area contributed by atoms with E-state index in [2.05, 4.69) is 12.1 Å². The zero-order valence-electron chi connectivity index (χ0n) is 18.3. The van der Waals surface area contributed by atoms with Gasteiger partial charge in [-0.15, -0.1) is 0 Å². The van der Waals surface area contributed by atoms with E-state index < -0.39 is 5.41 Å². The number of carbonyl (C=O) groups is 3. The van der Waals surface area contributed by atoms with Gasteiger partial charge in [0.05, 0.1) is 12.0 Å². The Morgan fingerprint density at radius 3 is 2.43 bits per heavy atom. The maximum absolute atomic E-state index is 13.0. The van der Waals surface area contributed by atoms with Crippen LogP contribution < -0.4 is 0 Å². The highest BCUT2D eigenvalue weighted by Gasteiger charge is 2.44. The highest BCUT2D eigenvalue weighted by molar-refractivity contribution is 5.88. The Balaban J connectivity index is 1.61. The molecule has 3 rings (SSSR count). The van der Waals surface area contributed by atoms with Gasteiger partial charge in [-0.25, -0.2) is 0 Å². The molecule has 0 radical (unpaired) electrons. The molecular formula is C24H34N2O4. The van der Waals surface area contributed by atoms with E-state index in [0.29, 0.717) is 39.1 Å².